The minimum atomic E-state index is -0.539. The summed E-state index contributed by atoms with van der Waals surface area (Å²) in [5.41, 5.74) is 3.25. The standard InChI is InChI=1S/C21H24N2O3/c1-21(2,3)26-20(25)22-17-10-8-15(9-11-17)14-19(24)23-13-12-16-6-4-5-7-18(16)23/h4-11H,12-14H2,1-3H3,(H,22,25). The summed E-state index contributed by atoms with van der Waals surface area (Å²) in [6, 6.07) is 15.3. The van der Waals surface area contributed by atoms with Crippen LogP contribution in [0.2, 0.25) is 0 Å². The second-order valence-electron chi connectivity index (χ2n) is 7.42. The van der Waals surface area contributed by atoms with E-state index in [9.17, 15) is 9.59 Å². The number of anilines is 2. The number of nitrogens with zero attached hydrogens (tertiary/aromatic N) is 1. The van der Waals surface area contributed by atoms with Gasteiger partial charge in [-0.1, -0.05) is 30.3 Å². The summed E-state index contributed by atoms with van der Waals surface area (Å²) in [5, 5.41) is 2.69. The molecule has 0 aromatic heterocycles. The Morgan fingerprint density at radius 3 is 2.46 bits per heavy atom. The molecular formula is C21H24N2O3. The molecule has 2 amide bonds. The third-order valence-corrected chi connectivity index (χ3v) is 4.14. The highest BCUT2D eigenvalue weighted by Crippen LogP contribution is 2.28. The van der Waals surface area contributed by atoms with Gasteiger partial charge in [0.1, 0.15) is 5.60 Å². The molecule has 136 valence electrons. The van der Waals surface area contributed by atoms with Gasteiger partial charge in [0.25, 0.3) is 0 Å². The molecule has 5 heteroatoms. The Balaban J connectivity index is 1.60. The first-order valence-corrected chi connectivity index (χ1v) is 8.79. The topological polar surface area (TPSA) is 58.6 Å². The highest BCUT2D eigenvalue weighted by molar-refractivity contribution is 5.96. The molecule has 26 heavy (non-hydrogen) atoms. The minimum absolute atomic E-state index is 0.0859. The Hall–Kier alpha value is -2.82. The summed E-state index contributed by atoms with van der Waals surface area (Å²) in [6.45, 7) is 6.18. The SMILES string of the molecule is CC(C)(C)OC(=O)Nc1ccc(CC(=O)N2CCc3ccccc32)cc1. The summed E-state index contributed by atoms with van der Waals surface area (Å²) in [6.07, 6.45) is 0.747. The highest BCUT2D eigenvalue weighted by atomic mass is 16.6. The lowest BCUT2D eigenvalue weighted by molar-refractivity contribution is -0.117. The third kappa shape index (κ3) is 4.42. The lowest BCUT2D eigenvalue weighted by Crippen LogP contribution is -2.30. The lowest BCUT2D eigenvalue weighted by Gasteiger charge is -2.20. The van der Waals surface area contributed by atoms with Gasteiger partial charge in [-0.2, -0.15) is 0 Å². The van der Waals surface area contributed by atoms with Crippen molar-refractivity contribution >= 4 is 23.4 Å². The van der Waals surface area contributed by atoms with Crippen LogP contribution in [0.1, 0.15) is 31.9 Å². The zero-order valence-electron chi connectivity index (χ0n) is 15.4. The van der Waals surface area contributed by atoms with E-state index in [1.165, 1.54) is 5.56 Å². The fourth-order valence-corrected chi connectivity index (χ4v) is 2.99. The summed E-state index contributed by atoms with van der Waals surface area (Å²) < 4.78 is 5.23. The number of fused-ring (bicyclic) bond motifs is 1. The second kappa shape index (κ2) is 7.20. The van der Waals surface area contributed by atoms with E-state index in [0.717, 1.165) is 24.2 Å². The number of carbonyl (C=O) groups is 2. The first kappa shape index (κ1) is 18.0. The first-order chi connectivity index (χ1) is 12.3. The number of benzene rings is 2. The largest absolute Gasteiger partial charge is 0.444 e. The van der Waals surface area contributed by atoms with E-state index in [2.05, 4.69) is 11.4 Å². The molecule has 1 heterocycles. The number of hydrogen-bond acceptors (Lipinski definition) is 3. The molecule has 2 aromatic carbocycles. The maximum absolute atomic E-state index is 12.6. The van der Waals surface area contributed by atoms with Gasteiger partial charge in [0.05, 0.1) is 6.42 Å². The van der Waals surface area contributed by atoms with E-state index in [0.29, 0.717) is 12.1 Å². The maximum atomic E-state index is 12.6. The first-order valence-electron chi connectivity index (χ1n) is 8.79. The third-order valence-electron chi connectivity index (χ3n) is 4.14. The van der Waals surface area contributed by atoms with Crippen molar-refractivity contribution in [2.24, 2.45) is 0 Å². The number of hydrogen-bond donors (Lipinski definition) is 1. The number of para-hydroxylation sites is 1. The molecule has 0 saturated heterocycles. The van der Waals surface area contributed by atoms with Crippen LogP contribution < -0.4 is 10.2 Å². The molecule has 5 nitrogen and oxygen atoms in total. The quantitative estimate of drug-likeness (QED) is 0.902. The fourth-order valence-electron chi connectivity index (χ4n) is 2.99. The Labute approximate surface area is 154 Å². The average molecular weight is 352 g/mol. The molecule has 1 aliphatic heterocycles. The van der Waals surface area contributed by atoms with Crippen molar-refractivity contribution in [2.45, 2.75) is 39.2 Å². The van der Waals surface area contributed by atoms with Crippen molar-refractivity contribution in [3.8, 4) is 0 Å². The Bertz CT molecular complexity index is 807. The molecule has 0 atom stereocenters. The number of carbonyl (C=O) groups excluding carboxylic acids is 2. The molecule has 0 unspecified atom stereocenters. The maximum Gasteiger partial charge on any atom is 0.412 e. The van der Waals surface area contributed by atoms with Gasteiger partial charge in [-0.05, 0) is 56.5 Å². The van der Waals surface area contributed by atoms with Crippen molar-refractivity contribution in [2.75, 3.05) is 16.8 Å². The Kier molecular flexibility index (Phi) is 4.98. The van der Waals surface area contributed by atoms with Crippen LogP contribution in [0.3, 0.4) is 0 Å². The van der Waals surface area contributed by atoms with Crippen LogP contribution in [-0.4, -0.2) is 24.1 Å². The van der Waals surface area contributed by atoms with E-state index in [1.54, 1.807) is 12.1 Å². The van der Waals surface area contributed by atoms with Crippen LogP contribution in [0.15, 0.2) is 48.5 Å². The average Bonchev–Trinajstić information content (AvgIpc) is 2.99. The molecule has 2 aromatic rings. The van der Waals surface area contributed by atoms with Crippen LogP contribution in [0, 0.1) is 0 Å². The van der Waals surface area contributed by atoms with Crippen LogP contribution in [0.4, 0.5) is 16.2 Å². The summed E-state index contributed by atoms with van der Waals surface area (Å²) in [4.78, 5) is 26.3. The predicted molar refractivity (Wildman–Crippen MR) is 103 cm³/mol. The molecule has 0 spiro atoms. The van der Waals surface area contributed by atoms with Gasteiger partial charge in [0.2, 0.25) is 5.91 Å². The van der Waals surface area contributed by atoms with Gasteiger partial charge in [-0.3, -0.25) is 10.1 Å². The molecule has 3 rings (SSSR count). The van der Waals surface area contributed by atoms with Crippen molar-refractivity contribution < 1.29 is 14.3 Å². The summed E-state index contributed by atoms with van der Waals surface area (Å²) in [7, 11) is 0. The minimum Gasteiger partial charge on any atom is -0.444 e. The summed E-state index contributed by atoms with van der Waals surface area (Å²) in [5.74, 6) is 0.0859. The molecule has 0 aliphatic carbocycles. The molecular weight excluding hydrogens is 328 g/mol. The molecule has 1 N–H and O–H groups in total. The Morgan fingerprint density at radius 2 is 1.77 bits per heavy atom. The van der Waals surface area contributed by atoms with Gasteiger partial charge in [-0.25, -0.2) is 4.79 Å². The number of rotatable bonds is 3. The van der Waals surface area contributed by atoms with Gasteiger partial charge >= 0.3 is 6.09 Å². The molecule has 0 saturated carbocycles. The van der Waals surface area contributed by atoms with Gasteiger partial charge in [0, 0.05) is 17.9 Å². The van der Waals surface area contributed by atoms with E-state index in [4.69, 9.17) is 4.74 Å². The second-order valence-corrected chi connectivity index (χ2v) is 7.42. The van der Waals surface area contributed by atoms with Crippen LogP contribution in [-0.2, 0) is 22.4 Å². The molecule has 1 aliphatic rings. The predicted octanol–water partition coefficient (Wildman–Crippen LogP) is 4.17. The zero-order chi connectivity index (χ0) is 18.7. The van der Waals surface area contributed by atoms with Crippen molar-refractivity contribution in [3.05, 3.63) is 59.7 Å². The van der Waals surface area contributed by atoms with E-state index < -0.39 is 11.7 Å². The monoisotopic (exact) mass is 352 g/mol. The van der Waals surface area contributed by atoms with Crippen LogP contribution in [0.25, 0.3) is 0 Å². The smallest absolute Gasteiger partial charge is 0.412 e. The number of nitrogens with one attached hydrogen (secondary N) is 1. The number of amides is 2. The highest BCUT2D eigenvalue weighted by Gasteiger charge is 2.24. The van der Waals surface area contributed by atoms with Crippen LogP contribution >= 0.6 is 0 Å². The van der Waals surface area contributed by atoms with Crippen molar-refractivity contribution in [3.63, 3.8) is 0 Å². The molecule has 0 fully saturated rings. The van der Waals surface area contributed by atoms with Gasteiger partial charge < -0.3 is 9.64 Å². The number of ether oxygens (including phenoxy) is 1. The van der Waals surface area contributed by atoms with Gasteiger partial charge in [-0.15, -0.1) is 0 Å². The van der Waals surface area contributed by atoms with Crippen molar-refractivity contribution in [1.29, 1.82) is 0 Å². The van der Waals surface area contributed by atoms with Crippen molar-refractivity contribution in [1.82, 2.24) is 0 Å². The Morgan fingerprint density at radius 1 is 1.08 bits per heavy atom. The zero-order valence-corrected chi connectivity index (χ0v) is 15.4. The van der Waals surface area contributed by atoms with Crippen LogP contribution in [0.5, 0.6) is 0 Å². The van der Waals surface area contributed by atoms with Gasteiger partial charge in [0.15, 0.2) is 0 Å². The lowest BCUT2D eigenvalue weighted by atomic mass is 10.1. The molecule has 0 bridgehead atoms. The fraction of sp³-hybridized carbons (Fsp3) is 0.333. The summed E-state index contributed by atoms with van der Waals surface area (Å²) >= 11 is 0. The normalized spacial score (nSPS) is 13.3. The van der Waals surface area contributed by atoms with E-state index in [1.807, 2.05) is 56.0 Å². The van der Waals surface area contributed by atoms with E-state index in [-0.39, 0.29) is 5.91 Å². The van der Waals surface area contributed by atoms with E-state index >= 15 is 0 Å². The molecule has 0 radical (unpaired) electrons.